The van der Waals surface area contributed by atoms with Gasteiger partial charge in [0.25, 0.3) is 5.91 Å². The van der Waals surface area contributed by atoms with Gasteiger partial charge in [0, 0.05) is 12.1 Å². The number of rotatable bonds is 4. The van der Waals surface area contributed by atoms with Crippen molar-refractivity contribution in [3.05, 3.63) is 65.5 Å². The van der Waals surface area contributed by atoms with Crippen molar-refractivity contribution in [2.45, 2.75) is 6.54 Å². The second-order valence-electron chi connectivity index (χ2n) is 4.27. The molecule has 0 radical (unpaired) electrons. The monoisotopic (exact) mass is 273 g/mol. The third-order valence-electron chi connectivity index (χ3n) is 2.85. The van der Waals surface area contributed by atoms with E-state index in [1.165, 1.54) is 24.3 Å². The molecule has 102 valence electrons. The molecule has 1 amide bonds. The summed E-state index contributed by atoms with van der Waals surface area (Å²) in [7, 11) is -1.71. The number of nitrogens with one attached hydrogen (secondary N) is 1. The van der Waals surface area contributed by atoms with E-state index in [2.05, 4.69) is 5.32 Å². The molecule has 0 unspecified atom stereocenters. The van der Waals surface area contributed by atoms with Gasteiger partial charge in [-0.25, -0.2) is 4.39 Å². The fourth-order valence-corrected chi connectivity index (χ4v) is 1.81. The molecule has 3 N–H and O–H groups in total. The third kappa shape index (κ3) is 3.43. The van der Waals surface area contributed by atoms with Crippen LogP contribution in [0, 0.1) is 5.82 Å². The molecule has 2 aromatic rings. The van der Waals surface area contributed by atoms with Crippen LogP contribution in [0.2, 0.25) is 0 Å². The van der Waals surface area contributed by atoms with Gasteiger partial charge >= 0.3 is 7.12 Å². The van der Waals surface area contributed by atoms with Crippen LogP contribution in [0.1, 0.15) is 15.9 Å². The van der Waals surface area contributed by atoms with Gasteiger partial charge in [-0.2, -0.15) is 0 Å². The zero-order chi connectivity index (χ0) is 14.5. The molecule has 0 spiro atoms. The Balaban J connectivity index is 2.07. The van der Waals surface area contributed by atoms with Crippen molar-refractivity contribution in [3.63, 3.8) is 0 Å². The maximum absolute atomic E-state index is 12.7. The SMILES string of the molecule is O=C(NCc1ccc(F)cc1)c1ccccc1B(O)O. The first-order chi connectivity index (χ1) is 9.58. The van der Waals surface area contributed by atoms with Gasteiger partial charge in [-0.15, -0.1) is 0 Å². The van der Waals surface area contributed by atoms with Gasteiger partial charge < -0.3 is 15.4 Å². The number of hydrogen-bond acceptors (Lipinski definition) is 3. The Morgan fingerprint density at radius 1 is 1.10 bits per heavy atom. The van der Waals surface area contributed by atoms with Gasteiger partial charge in [0.2, 0.25) is 0 Å². The van der Waals surface area contributed by atoms with Gasteiger partial charge in [-0.1, -0.05) is 30.3 Å². The lowest BCUT2D eigenvalue weighted by Crippen LogP contribution is -2.37. The highest BCUT2D eigenvalue weighted by Gasteiger charge is 2.19. The summed E-state index contributed by atoms with van der Waals surface area (Å²) in [6.07, 6.45) is 0. The average Bonchev–Trinajstić information content (AvgIpc) is 2.46. The lowest BCUT2D eigenvalue weighted by Gasteiger charge is -2.09. The molecule has 0 aliphatic carbocycles. The Morgan fingerprint density at radius 2 is 1.75 bits per heavy atom. The number of hydrogen-bond donors (Lipinski definition) is 3. The summed E-state index contributed by atoms with van der Waals surface area (Å²) in [4.78, 5) is 12.0. The fourth-order valence-electron chi connectivity index (χ4n) is 1.81. The van der Waals surface area contributed by atoms with Crippen LogP contribution >= 0.6 is 0 Å². The molecule has 0 aliphatic rings. The Bertz CT molecular complexity index is 602. The van der Waals surface area contributed by atoms with E-state index < -0.39 is 13.0 Å². The second kappa shape index (κ2) is 6.32. The van der Waals surface area contributed by atoms with Crippen LogP contribution in [-0.4, -0.2) is 23.1 Å². The van der Waals surface area contributed by atoms with Crippen molar-refractivity contribution in [2.24, 2.45) is 0 Å². The van der Waals surface area contributed by atoms with Gasteiger partial charge in [-0.05, 0) is 29.2 Å². The molecule has 4 nitrogen and oxygen atoms in total. The first-order valence-electron chi connectivity index (χ1n) is 6.05. The Kier molecular flexibility index (Phi) is 4.50. The van der Waals surface area contributed by atoms with Crippen molar-refractivity contribution in [1.29, 1.82) is 0 Å². The molecule has 0 saturated carbocycles. The molecule has 2 rings (SSSR count). The van der Waals surface area contributed by atoms with Gasteiger partial charge in [-0.3, -0.25) is 4.79 Å². The molecule has 0 aliphatic heterocycles. The lowest BCUT2D eigenvalue weighted by atomic mass is 9.77. The van der Waals surface area contributed by atoms with Crippen LogP contribution in [0.3, 0.4) is 0 Å². The molecular formula is C14H13BFNO3. The minimum absolute atomic E-state index is 0.143. The number of benzene rings is 2. The van der Waals surface area contributed by atoms with Crippen LogP contribution in [0.15, 0.2) is 48.5 Å². The second-order valence-corrected chi connectivity index (χ2v) is 4.27. The highest BCUT2D eigenvalue weighted by atomic mass is 19.1. The Morgan fingerprint density at radius 3 is 2.40 bits per heavy atom. The van der Waals surface area contributed by atoms with Crippen LogP contribution in [0.25, 0.3) is 0 Å². The summed E-state index contributed by atoms with van der Waals surface area (Å²) in [5.41, 5.74) is 1.09. The normalized spacial score (nSPS) is 10.2. The topological polar surface area (TPSA) is 69.6 Å². The smallest absolute Gasteiger partial charge is 0.423 e. The van der Waals surface area contributed by atoms with E-state index in [1.807, 2.05) is 0 Å². The van der Waals surface area contributed by atoms with Crippen LogP contribution in [-0.2, 0) is 6.54 Å². The largest absolute Gasteiger partial charge is 0.489 e. The van der Waals surface area contributed by atoms with Gasteiger partial charge in [0.1, 0.15) is 5.82 Å². The maximum atomic E-state index is 12.7. The molecule has 6 heteroatoms. The van der Waals surface area contributed by atoms with E-state index in [-0.39, 0.29) is 23.4 Å². The quantitative estimate of drug-likeness (QED) is 0.708. The van der Waals surface area contributed by atoms with Crippen LogP contribution < -0.4 is 10.8 Å². The summed E-state index contributed by atoms with van der Waals surface area (Å²) in [5, 5.41) is 21.1. The highest BCUT2D eigenvalue weighted by molar-refractivity contribution is 6.60. The molecule has 20 heavy (non-hydrogen) atoms. The van der Waals surface area contributed by atoms with Crippen molar-refractivity contribution < 1.29 is 19.2 Å². The average molecular weight is 273 g/mol. The maximum Gasteiger partial charge on any atom is 0.489 e. The van der Waals surface area contributed by atoms with Crippen molar-refractivity contribution in [1.82, 2.24) is 5.32 Å². The summed E-state index contributed by atoms with van der Waals surface area (Å²) < 4.78 is 12.7. The predicted molar refractivity (Wildman–Crippen MR) is 73.8 cm³/mol. The molecular weight excluding hydrogens is 260 g/mol. The van der Waals surface area contributed by atoms with E-state index in [9.17, 15) is 19.2 Å². The summed E-state index contributed by atoms with van der Waals surface area (Å²) in [5.74, 6) is -0.758. The lowest BCUT2D eigenvalue weighted by molar-refractivity contribution is 0.0951. The third-order valence-corrected chi connectivity index (χ3v) is 2.85. The first kappa shape index (κ1) is 14.2. The molecule has 0 bridgehead atoms. The molecule has 0 saturated heterocycles. The fraction of sp³-hybridized carbons (Fsp3) is 0.0714. The zero-order valence-electron chi connectivity index (χ0n) is 10.6. The van der Waals surface area contributed by atoms with Gasteiger partial charge in [0.05, 0.1) is 0 Å². The molecule has 0 atom stereocenters. The standard InChI is InChI=1S/C14H13BFNO3/c16-11-7-5-10(6-8-11)9-17-14(18)12-3-1-2-4-13(12)15(19)20/h1-8,19-20H,9H2,(H,17,18). The van der Waals surface area contributed by atoms with Gasteiger partial charge in [0.15, 0.2) is 0 Å². The number of carbonyl (C=O) groups is 1. The van der Waals surface area contributed by atoms with E-state index in [0.717, 1.165) is 5.56 Å². The summed E-state index contributed by atoms with van der Waals surface area (Å²) in [6, 6.07) is 12.0. The molecule has 0 aromatic heterocycles. The first-order valence-corrected chi connectivity index (χ1v) is 6.05. The molecule has 0 fully saturated rings. The van der Waals surface area contributed by atoms with E-state index >= 15 is 0 Å². The highest BCUT2D eigenvalue weighted by Crippen LogP contribution is 2.03. The summed E-state index contributed by atoms with van der Waals surface area (Å²) in [6.45, 7) is 0.231. The van der Waals surface area contributed by atoms with Crippen molar-refractivity contribution >= 4 is 18.5 Å². The summed E-state index contributed by atoms with van der Waals surface area (Å²) >= 11 is 0. The Labute approximate surface area is 116 Å². The number of amides is 1. The predicted octanol–water partition coefficient (Wildman–Crippen LogP) is 0.435. The van der Waals surface area contributed by atoms with E-state index in [1.54, 1.807) is 24.3 Å². The molecule has 2 aromatic carbocycles. The Hall–Kier alpha value is -2.18. The van der Waals surface area contributed by atoms with Crippen molar-refractivity contribution in [3.8, 4) is 0 Å². The van der Waals surface area contributed by atoms with Crippen LogP contribution in [0.4, 0.5) is 4.39 Å². The zero-order valence-corrected chi connectivity index (χ0v) is 10.6. The number of halogens is 1. The minimum atomic E-state index is -1.71. The van der Waals surface area contributed by atoms with Crippen molar-refractivity contribution in [2.75, 3.05) is 0 Å². The van der Waals surface area contributed by atoms with E-state index in [0.29, 0.717) is 0 Å². The van der Waals surface area contributed by atoms with Crippen LogP contribution in [0.5, 0.6) is 0 Å². The minimum Gasteiger partial charge on any atom is -0.423 e. The van der Waals surface area contributed by atoms with E-state index in [4.69, 9.17) is 0 Å². The molecule has 0 heterocycles. The number of carbonyl (C=O) groups excluding carboxylic acids is 1.